The number of nitrogens with zero attached hydrogens (tertiary/aromatic N) is 7. The van der Waals surface area contributed by atoms with Crippen molar-refractivity contribution in [1.29, 1.82) is 0 Å². The molecule has 0 saturated heterocycles. The van der Waals surface area contributed by atoms with Crippen molar-refractivity contribution in [1.82, 2.24) is 30.0 Å². The molecule has 3 aromatic heterocycles. The molecule has 22 heavy (non-hydrogen) atoms. The number of hydrogen-bond donors (Lipinski definition) is 1. The number of aromatic nitrogens is 6. The van der Waals surface area contributed by atoms with Crippen LogP contribution in [0.3, 0.4) is 0 Å². The Morgan fingerprint density at radius 1 is 1.45 bits per heavy atom. The van der Waals surface area contributed by atoms with Crippen LogP contribution >= 0.6 is 11.3 Å². The average Bonchev–Trinajstić information content (AvgIpc) is 3.18. The smallest absolute Gasteiger partial charge is 0.306 e. The van der Waals surface area contributed by atoms with E-state index in [0.29, 0.717) is 5.82 Å². The number of aliphatic hydroxyl groups excluding tert-OH is 1. The minimum absolute atomic E-state index is 0.100. The van der Waals surface area contributed by atoms with E-state index in [1.54, 1.807) is 0 Å². The molecule has 11 heteroatoms. The lowest BCUT2D eigenvalue weighted by atomic mass is 10.3. The molecule has 0 unspecified atom stereocenters. The van der Waals surface area contributed by atoms with Crippen LogP contribution in [0.25, 0.3) is 11.4 Å². The summed E-state index contributed by atoms with van der Waals surface area (Å²) in [5.41, 5.74) is 0.749. The molecule has 0 aliphatic carbocycles. The molecule has 0 radical (unpaired) electrons. The second-order valence-electron chi connectivity index (χ2n) is 4.51. The SMILES string of the molecule is O=[N+]([O-])c1cnn(C[C@@H](O)Cn2nnc(-c3ccsc3)n2)c1. The zero-order chi connectivity index (χ0) is 15.5. The maximum Gasteiger partial charge on any atom is 0.306 e. The van der Waals surface area contributed by atoms with Gasteiger partial charge in [0.25, 0.3) is 0 Å². The Labute approximate surface area is 127 Å². The Morgan fingerprint density at radius 3 is 3.00 bits per heavy atom. The number of nitro groups is 1. The highest BCUT2D eigenvalue weighted by Crippen LogP contribution is 2.16. The average molecular weight is 321 g/mol. The highest BCUT2D eigenvalue weighted by atomic mass is 32.1. The molecule has 0 saturated carbocycles. The van der Waals surface area contributed by atoms with E-state index in [2.05, 4.69) is 20.5 Å². The largest absolute Gasteiger partial charge is 0.389 e. The van der Waals surface area contributed by atoms with Crippen molar-refractivity contribution in [3.63, 3.8) is 0 Å². The zero-order valence-electron chi connectivity index (χ0n) is 11.2. The van der Waals surface area contributed by atoms with E-state index in [0.717, 1.165) is 11.8 Å². The third-order valence-electron chi connectivity index (χ3n) is 2.83. The van der Waals surface area contributed by atoms with Gasteiger partial charge in [-0.3, -0.25) is 14.8 Å². The summed E-state index contributed by atoms with van der Waals surface area (Å²) in [4.78, 5) is 11.3. The van der Waals surface area contributed by atoms with Crippen molar-refractivity contribution >= 4 is 17.0 Å². The Bertz CT molecular complexity index is 766. The van der Waals surface area contributed by atoms with Crippen LogP contribution in [0.4, 0.5) is 5.69 Å². The van der Waals surface area contributed by atoms with Crippen LogP contribution in [0.2, 0.25) is 0 Å². The lowest BCUT2D eigenvalue weighted by Gasteiger charge is -2.08. The number of aliphatic hydroxyl groups is 1. The van der Waals surface area contributed by atoms with Gasteiger partial charge in [-0.1, -0.05) is 0 Å². The molecule has 0 fully saturated rings. The van der Waals surface area contributed by atoms with E-state index in [-0.39, 0.29) is 18.8 Å². The van der Waals surface area contributed by atoms with Gasteiger partial charge in [0.2, 0.25) is 5.82 Å². The van der Waals surface area contributed by atoms with Crippen molar-refractivity contribution in [3.8, 4) is 11.4 Å². The Kier molecular flexibility index (Phi) is 3.89. The molecule has 0 aliphatic rings. The summed E-state index contributed by atoms with van der Waals surface area (Å²) in [6.07, 6.45) is 1.55. The molecular formula is C11H11N7O3S. The summed E-state index contributed by atoms with van der Waals surface area (Å²) in [5, 5.41) is 40.1. The number of rotatable bonds is 6. The van der Waals surface area contributed by atoms with Gasteiger partial charge in [-0.2, -0.15) is 21.2 Å². The maximum atomic E-state index is 10.6. The van der Waals surface area contributed by atoms with Gasteiger partial charge in [0.05, 0.1) is 24.1 Å². The van der Waals surface area contributed by atoms with Crippen LogP contribution in [-0.4, -0.2) is 46.1 Å². The first kappa shape index (κ1) is 14.3. The van der Waals surface area contributed by atoms with E-state index < -0.39 is 11.0 Å². The van der Waals surface area contributed by atoms with E-state index in [9.17, 15) is 15.2 Å². The van der Waals surface area contributed by atoms with Gasteiger partial charge >= 0.3 is 5.69 Å². The quantitative estimate of drug-likeness (QED) is 0.519. The summed E-state index contributed by atoms with van der Waals surface area (Å²) < 4.78 is 1.31. The minimum Gasteiger partial charge on any atom is -0.389 e. The summed E-state index contributed by atoms with van der Waals surface area (Å²) >= 11 is 1.53. The first-order valence-electron chi connectivity index (χ1n) is 6.27. The van der Waals surface area contributed by atoms with Crippen LogP contribution in [0.5, 0.6) is 0 Å². The maximum absolute atomic E-state index is 10.6. The molecule has 0 aromatic carbocycles. The Balaban J connectivity index is 1.61. The summed E-state index contributed by atoms with van der Waals surface area (Å²) in [7, 11) is 0. The minimum atomic E-state index is -0.843. The predicted molar refractivity (Wildman–Crippen MR) is 76.0 cm³/mol. The van der Waals surface area contributed by atoms with E-state index in [1.165, 1.54) is 27.0 Å². The van der Waals surface area contributed by atoms with Crippen molar-refractivity contribution in [2.24, 2.45) is 0 Å². The molecule has 114 valence electrons. The van der Waals surface area contributed by atoms with Gasteiger partial charge < -0.3 is 5.11 Å². The molecule has 3 aromatic rings. The highest BCUT2D eigenvalue weighted by molar-refractivity contribution is 7.08. The van der Waals surface area contributed by atoms with Crippen LogP contribution in [0.1, 0.15) is 0 Å². The predicted octanol–water partition coefficient (Wildman–Crippen LogP) is 0.567. The first-order chi connectivity index (χ1) is 10.6. The van der Waals surface area contributed by atoms with Gasteiger partial charge in [0.1, 0.15) is 12.4 Å². The Hall–Kier alpha value is -2.66. The van der Waals surface area contributed by atoms with Crippen molar-refractivity contribution < 1.29 is 10.0 Å². The number of thiophene rings is 1. The fraction of sp³-hybridized carbons (Fsp3) is 0.273. The van der Waals surface area contributed by atoms with E-state index in [4.69, 9.17) is 0 Å². The van der Waals surface area contributed by atoms with Crippen molar-refractivity contribution in [3.05, 3.63) is 39.3 Å². The molecule has 1 N–H and O–H groups in total. The van der Waals surface area contributed by atoms with Crippen LogP contribution in [-0.2, 0) is 13.1 Å². The normalized spacial score (nSPS) is 12.4. The van der Waals surface area contributed by atoms with Crippen LogP contribution in [0, 0.1) is 10.1 Å². The van der Waals surface area contributed by atoms with Crippen LogP contribution < -0.4 is 0 Å². The molecule has 0 spiro atoms. The number of hydrogen-bond acceptors (Lipinski definition) is 8. The third kappa shape index (κ3) is 3.15. The third-order valence-corrected chi connectivity index (χ3v) is 3.52. The molecule has 0 amide bonds. The molecule has 0 bridgehead atoms. The van der Waals surface area contributed by atoms with E-state index >= 15 is 0 Å². The summed E-state index contributed by atoms with van der Waals surface area (Å²) in [6, 6.07) is 1.88. The fourth-order valence-electron chi connectivity index (χ4n) is 1.84. The summed E-state index contributed by atoms with van der Waals surface area (Å²) in [5.74, 6) is 0.489. The molecule has 0 aliphatic heterocycles. The molecule has 3 heterocycles. The van der Waals surface area contributed by atoms with Gasteiger partial charge in [-0.15, -0.1) is 10.2 Å². The van der Waals surface area contributed by atoms with E-state index in [1.807, 2.05) is 16.8 Å². The molecule has 1 atom stereocenters. The van der Waals surface area contributed by atoms with Gasteiger partial charge in [-0.05, 0) is 16.7 Å². The van der Waals surface area contributed by atoms with Gasteiger partial charge in [0, 0.05) is 10.9 Å². The highest BCUT2D eigenvalue weighted by Gasteiger charge is 2.14. The number of tetrazole rings is 1. The van der Waals surface area contributed by atoms with Crippen LogP contribution in [0.15, 0.2) is 29.2 Å². The zero-order valence-corrected chi connectivity index (χ0v) is 12.0. The van der Waals surface area contributed by atoms with Crippen molar-refractivity contribution in [2.75, 3.05) is 0 Å². The van der Waals surface area contributed by atoms with Gasteiger partial charge in [-0.25, -0.2) is 0 Å². The molecular weight excluding hydrogens is 310 g/mol. The second-order valence-corrected chi connectivity index (χ2v) is 5.29. The lowest BCUT2D eigenvalue weighted by Crippen LogP contribution is -2.23. The molecule has 3 rings (SSSR count). The lowest BCUT2D eigenvalue weighted by molar-refractivity contribution is -0.385. The Morgan fingerprint density at radius 2 is 2.32 bits per heavy atom. The fourth-order valence-corrected chi connectivity index (χ4v) is 2.47. The standard InChI is InChI=1S/C11H11N7O3S/c19-10(5-16-4-9(3-12-16)18(20)21)6-17-14-11(13-15-17)8-1-2-22-7-8/h1-4,7,10,19H,5-6H2/t10-/m1/s1. The first-order valence-corrected chi connectivity index (χ1v) is 7.21. The van der Waals surface area contributed by atoms with Gasteiger partial charge in [0.15, 0.2) is 0 Å². The summed E-state index contributed by atoms with van der Waals surface area (Å²) in [6.45, 7) is 0.216. The molecule has 10 nitrogen and oxygen atoms in total. The van der Waals surface area contributed by atoms with Crippen molar-refractivity contribution in [2.45, 2.75) is 19.2 Å². The monoisotopic (exact) mass is 321 g/mol. The topological polar surface area (TPSA) is 125 Å². The second kappa shape index (κ2) is 5.99.